The number of para-hydroxylation sites is 2. The molecule has 2 aromatic rings. The first-order valence-corrected chi connectivity index (χ1v) is 6.99. The summed E-state index contributed by atoms with van der Waals surface area (Å²) < 4.78 is 11.1. The largest absolute Gasteiger partial charge is 0.485 e. The van der Waals surface area contributed by atoms with E-state index in [-0.39, 0.29) is 12.3 Å². The summed E-state index contributed by atoms with van der Waals surface area (Å²) >= 11 is 0. The molecule has 0 saturated heterocycles. The predicted octanol–water partition coefficient (Wildman–Crippen LogP) is 2.68. The van der Waals surface area contributed by atoms with Crippen molar-refractivity contribution >= 4 is 17.3 Å². The maximum absolute atomic E-state index is 12.3. The van der Waals surface area contributed by atoms with Crippen LogP contribution >= 0.6 is 0 Å². The van der Waals surface area contributed by atoms with Gasteiger partial charge in [0.2, 0.25) is 6.10 Å². The predicted molar refractivity (Wildman–Crippen MR) is 82.8 cm³/mol. The molecular weight excluding hydrogens is 300 g/mol. The lowest BCUT2D eigenvalue weighted by Gasteiger charge is -2.25. The Bertz CT molecular complexity index is 775. The lowest BCUT2D eigenvalue weighted by Crippen LogP contribution is -2.40. The van der Waals surface area contributed by atoms with E-state index in [1.54, 1.807) is 37.3 Å². The molecule has 1 heterocycles. The zero-order valence-electron chi connectivity index (χ0n) is 12.3. The van der Waals surface area contributed by atoms with Crippen molar-refractivity contribution in [1.29, 1.82) is 0 Å². The molecule has 118 valence electrons. The number of aryl methyl sites for hydroxylation is 1. The van der Waals surface area contributed by atoms with Gasteiger partial charge in [-0.3, -0.25) is 14.9 Å². The molecule has 1 N–H and O–H groups in total. The SMILES string of the molecule is Cc1ccc(NC(=O)[C@@H]2COc3ccccc3O2)cc1[N+](=O)[O-]. The highest BCUT2D eigenvalue weighted by Gasteiger charge is 2.27. The summed E-state index contributed by atoms with van der Waals surface area (Å²) in [7, 11) is 0. The van der Waals surface area contributed by atoms with E-state index in [0.717, 1.165) is 0 Å². The molecule has 0 unspecified atom stereocenters. The van der Waals surface area contributed by atoms with Crippen LogP contribution in [0.5, 0.6) is 11.5 Å². The van der Waals surface area contributed by atoms with Crippen molar-refractivity contribution in [2.45, 2.75) is 13.0 Å². The number of fused-ring (bicyclic) bond motifs is 1. The van der Waals surface area contributed by atoms with Crippen molar-refractivity contribution in [2.24, 2.45) is 0 Å². The van der Waals surface area contributed by atoms with Crippen molar-refractivity contribution in [3.05, 3.63) is 58.1 Å². The Morgan fingerprint density at radius 3 is 2.74 bits per heavy atom. The van der Waals surface area contributed by atoms with Gasteiger partial charge >= 0.3 is 0 Å². The fourth-order valence-corrected chi connectivity index (χ4v) is 2.26. The van der Waals surface area contributed by atoms with Crippen LogP contribution in [-0.4, -0.2) is 23.5 Å². The second kappa shape index (κ2) is 5.96. The van der Waals surface area contributed by atoms with Gasteiger partial charge < -0.3 is 14.8 Å². The number of nitrogens with one attached hydrogen (secondary N) is 1. The van der Waals surface area contributed by atoms with Gasteiger partial charge in [-0.1, -0.05) is 18.2 Å². The lowest BCUT2D eigenvalue weighted by atomic mass is 10.2. The zero-order chi connectivity index (χ0) is 16.4. The second-order valence-corrected chi connectivity index (χ2v) is 5.11. The molecule has 7 nitrogen and oxygen atoms in total. The van der Waals surface area contributed by atoms with E-state index in [9.17, 15) is 14.9 Å². The Labute approximate surface area is 132 Å². The van der Waals surface area contributed by atoms with Gasteiger partial charge in [-0.15, -0.1) is 0 Å². The molecule has 0 fully saturated rings. The van der Waals surface area contributed by atoms with E-state index in [4.69, 9.17) is 9.47 Å². The first-order chi connectivity index (χ1) is 11.0. The Balaban J connectivity index is 1.73. The average molecular weight is 314 g/mol. The van der Waals surface area contributed by atoms with Crippen LogP contribution in [0.15, 0.2) is 42.5 Å². The number of nitrogens with zero attached hydrogens (tertiary/aromatic N) is 1. The number of carbonyl (C=O) groups excluding carboxylic acids is 1. The van der Waals surface area contributed by atoms with E-state index in [1.807, 2.05) is 6.07 Å². The topological polar surface area (TPSA) is 90.7 Å². The maximum atomic E-state index is 12.3. The summed E-state index contributed by atoms with van der Waals surface area (Å²) in [6, 6.07) is 11.6. The monoisotopic (exact) mass is 314 g/mol. The van der Waals surface area contributed by atoms with Crippen LogP contribution in [0.2, 0.25) is 0 Å². The Morgan fingerprint density at radius 2 is 2.00 bits per heavy atom. The fraction of sp³-hybridized carbons (Fsp3) is 0.188. The molecule has 0 spiro atoms. The van der Waals surface area contributed by atoms with Crippen LogP contribution in [0.25, 0.3) is 0 Å². The van der Waals surface area contributed by atoms with E-state index in [0.29, 0.717) is 22.7 Å². The molecule has 23 heavy (non-hydrogen) atoms. The summed E-state index contributed by atoms with van der Waals surface area (Å²) in [5.41, 5.74) is 0.822. The third kappa shape index (κ3) is 3.08. The minimum atomic E-state index is -0.815. The second-order valence-electron chi connectivity index (χ2n) is 5.11. The number of hydrogen-bond acceptors (Lipinski definition) is 5. The molecule has 0 aromatic heterocycles. The highest BCUT2D eigenvalue weighted by molar-refractivity contribution is 5.95. The van der Waals surface area contributed by atoms with E-state index >= 15 is 0 Å². The van der Waals surface area contributed by atoms with Gasteiger partial charge in [-0.25, -0.2) is 0 Å². The summed E-state index contributed by atoms with van der Waals surface area (Å²) in [6.07, 6.45) is -0.815. The molecular formula is C16H14N2O5. The van der Waals surface area contributed by atoms with Crippen LogP contribution < -0.4 is 14.8 Å². The number of benzene rings is 2. The minimum absolute atomic E-state index is 0.0473. The molecule has 0 aliphatic carbocycles. The summed E-state index contributed by atoms with van der Waals surface area (Å²) in [5, 5.41) is 13.6. The Kier molecular flexibility index (Phi) is 3.84. The summed E-state index contributed by atoms with van der Waals surface area (Å²) in [6.45, 7) is 1.72. The smallest absolute Gasteiger partial charge is 0.274 e. The molecule has 3 rings (SSSR count). The van der Waals surface area contributed by atoms with E-state index in [1.165, 1.54) is 6.07 Å². The number of ether oxygens (including phenoxy) is 2. The Morgan fingerprint density at radius 1 is 1.26 bits per heavy atom. The first-order valence-electron chi connectivity index (χ1n) is 6.99. The summed E-state index contributed by atoms with van der Waals surface area (Å²) in [4.78, 5) is 22.7. The number of nitro groups is 1. The van der Waals surface area contributed by atoms with Crippen molar-refractivity contribution in [3.63, 3.8) is 0 Å². The quantitative estimate of drug-likeness (QED) is 0.695. The molecule has 1 aliphatic heterocycles. The van der Waals surface area contributed by atoms with E-state index in [2.05, 4.69) is 5.32 Å². The summed E-state index contributed by atoms with van der Waals surface area (Å²) in [5.74, 6) is 0.661. The third-order valence-corrected chi connectivity index (χ3v) is 3.47. The number of hydrogen-bond donors (Lipinski definition) is 1. The van der Waals surface area contributed by atoms with Gasteiger partial charge in [-0.2, -0.15) is 0 Å². The molecule has 2 aromatic carbocycles. The molecule has 0 saturated carbocycles. The molecule has 1 amide bonds. The van der Waals surface area contributed by atoms with Crippen molar-refractivity contribution < 1.29 is 19.2 Å². The third-order valence-electron chi connectivity index (χ3n) is 3.47. The lowest BCUT2D eigenvalue weighted by molar-refractivity contribution is -0.385. The standard InChI is InChI=1S/C16H14N2O5/c1-10-6-7-11(8-12(10)18(20)21)17-16(19)15-9-22-13-4-2-3-5-14(13)23-15/h2-8,15H,9H2,1H3,(H,17,19)/t15-/m0/s1. The van der Waals surface area contributed by atoms with E-state index < -0.39 is 16.9 Å². The van der Waals surface area contributed by atoms with Gasteiger partial charge in [0.25, 0.3) is 11.6 Å². The normalized spacial score (nSPS) is 15.8. The number of carbonyl (C=O) groups is 1. The molecule has 1 atom stereocenters. The number of nitro benzene ring substituents is 1. The molecule has 1 aliphatic rings. The molecule has 0 bridgehead atoms. The highest BCUT2D eigenvalue weighted by Crippen LogP contribution is 2.31. The zero-order valence-corrected chi connectivity index (χ0v) is 12.3. The molecule has 7 heteroatoms. The fourth-order valence-electron chi connectivity index (χ4n) is 2.26. The number of amides is 1. The molecule has 0 radical (unpaired) electrons. The Hall–Kier alpha value is -3.09. The van der Waals surface area contributed by atoms with Gasteiger partial charge in [0.1, 0.15) is 6.61 Å². The van der Waals surface area contributed by atoms with Gasteiger partial charge in [0, 0.05) is 17.3 Å². The van der Waals surface area contributed by atoms with Crippen LogP contribution in [0.4, 0.5) is 11.4 Å². The van der Waals surface area contributed by atoms with Gasteiger partial charge in [0.05, 0.1) is 4.92 Å². The van der Waals surface area contributed by atoms with Crippen LogP contribution in [0.3, 0.4) is 0 Å². The maximum Gasteiger partial charge on any atom is 0.274 e. The number of rotatable bonds is 3. The minimum Gasteiger partial charge on any atom is -0.485 e. The van der Waals surface area contributed by atoms with Crippen LogP contribution in [0, 0.1) is 17.0 Å². The number of anilines is 1. The van der Waals surface area contributed by atoms with Gasteiger partial charge in [-0.05, 0) is 25.1 Å². The van der Waals surface area contributed by atoms with Crippen molar-refractivity contribution in [3.8, 4) is 11.5 Å². The van der Waals surface area contributed by atoms with Gasteiger partial charge in [0.15, 0.2) is 11.5 Å². The highest BCUT2D eigenvalue weighted by atomic mass is 16.6. The van der Waals surface area contributed by atoms with Crippen molar-refractivity contribution in [2.75, 3.05) is 11.9 Å². The van der Waals surface area contributed by atoms with Crippen molar-refractivity contribution in [1.82, 2.24) is 0 Å². The average Bonchev–Trinajstić information content (AvgIpc) is 2.55. The first kappa shape index (κ1) is 14.8. The van der Waals surface area contributed by atoms with Crippen LogP contribution in [-0.2, 0) is 4.79 Å². The van der Waals surface area contributed by atoms with Crippen LogP contribution in [0.1, 0.15) is 5.56 Å².